The lowest BCUT2D eigenvalue weighted by Crippen LogP contribution is -2.46. The summed E-state index contributed by atoms with van der Waals surface area (Å²) in [7, 11) is 3.48. The highest BCUT2D eigenvalue weighted by Crippen LogP contribution is 2.27. The molecule has 0 radical (unpaired) electrons. The quantitative estimate of drug-likeness (QED) is 0.473. The van der Waals surface area contributed by atoms with Gasteiger partial charge in [-0.2, -0.15) is 5.10 Å². The van der Waals surface area contributed by atoms with Crippen molar-refractivity contribution in [1.82, 2.24) is 34.2 Å². The van der Waals surface area contributed by atoms with E-state index in [9.17, 15) is 4.79 Å². The molecule has 0 saturated carbocycles. The second-order valence-corrected chi connectivity index (χ2v) is 8.43. The first-order valence-corrected chi connectivity index (χ1v) is 11.0. The highest BCUT2D eigenvalue weighted by atomic mass is 16.5. The normalized spacial score (nSPS) is 15.4. The Balaban J connectivity index is 1.43. The average Bonchev–Trinajstić information content (AvgIpc) is 3.44. The molecule has 0 bridgehead atoms. The first-order chi connectivity index (χ1) is 16.4. The molecule has 0 spiro atoms. The maximum absolute atomic E-state index is 13.4. The summed E-state index contributed by atoms with van der Waals surface area (Å²) in [5.41, 5.74) is 3.21. The van der Waals surface area contributed by atoms with Crippen LogP contribution >= 0.6 is 0 Å². The van der Waals surface area contributed by atoms with E-state index in [2.05, 4.69) is 20.4 Å². The third-order valence-electron chi connectivity index (χ3n) is 5.98. The first kappa shape index (κ1) is 21.6. The van der Waals surface area contributed by atoms with Crippen molar-refractivity contribution >= 4 is 17.7 Å². The van der Waals surface area contributed by atoms with Crippen molar-refractivity contribution in [1.29, 1.82) is 0 Å². The van der Waals surface area contributed by atoms with Gasteiger partial charge in [-0.05, 0) is 37.1 Å². The number of nitrogens with zero attached hydrogens (tertiary/aromatic N) is 7. The molecule has 0 aliphatic carbocycles. The summed E-state index contributed by atoms with van der Waals surface area (Å²) < 4.78 is 8.94. The van der Waals surface area contributed by atoms with Crippen molar-refractivity contribution < 1.29 is 9.53 Å². The van der Waals surface area contributed by atoms with Crippen LogP contribution in [0.2, 0.25) is 0 Å². The molecule has 1 unspecified atom stereocenters. The summed E-state index contributed by atoms with van der Waals surface area (Å²) >= 11 is 0. The number of carbonyl (C=O) groups excluding carboxylic acids is 1. The molecule has 0 fully saturated rings. The van der Waals surface area contributed by atoms with E-state index in [0.717, 1.165) is 22.7 Å². The lowest BCUT2D eigenvalue weighted by molar-refractivity contribution is 0.0587. The molecule has 34 heavy (non-hydrogen) atoms. The SMILES string of the molecule is COc1cccc(CN2C(=O)c3nc(-c4nc(Nc5ccnn5C)ncc4C)cn3CC2C)c1. The highest BCUT2D eigenvalue weighted by molar-refractivity contribution is 5.92. The summed E-state index contributed by atoms with van der Waals surface area (Å²) in [4.78, 5) is 29.0. The number of carbonyl (C=O) groups is 1. The van der Waals surface area contributed by atoms with E-state index in [4.69, 9.17) is 9.72 Å². The Morgan fingerprint density at radius 3 is 2.85 bits per heavy atom. The topological polar surface area (TPSA) is 103 Å². The minimum Gasteiger partial charge on any atom is -0.497 e. The average molecular weight is 459 g/mol. The molecule has 0 saturated heterocycles. The third kappa shape index (κ3) is 3.98. The predicted molar refractivity (Wildman–Crippen MR) is 127 cm³/mol. The van der Waals surface area contributed by atoms with Gasteiger partial charge in [0.05, 0.1) is 19.0 Å². The van der Waals surface area contributed by atoms with E-state index in [1.54, 1.807) is 24.2 Å². The van der Waals surface area contributed by atoms with Gasteiger partial charge in [0.15, 0.2) is 5.82 Å². The third-order valence-corrected chi connectivity index (χ3v) is 5.98. The van der Waals surface area contributed by atoms with Gasteiger partial charge in [0, 0.05) is 44.6 Å². The van der Waals surface area contributed by atoms with E-state index in [0.29, 0.717) is 36.3 Å². The number of ether oxygens (including phenoxy) is 1. The largest absolute Gasteiger partial charge is 0.497 e. The zero-order valence-corrected chi connectivity index (χ0v) is 19.6. The van der Waals surface area contributed by atoms with Crippen molar-refractivity contribution in [3.8, 4) is 17.1 Å². The minimum atomic E-state index is -0.104. The molecular weight excluding hydrogens is 432 g/mol. The van der Waals surface area contributed by atoms with Gasteiger partial charge in [-0.1, -0.05) is 12.1 Å². The summed E-state index contributed by atoms with van der Waals surface area (Å²) in [6.45, 7) is 5.13. The number of methoxy groups -OCH3 is 1. The molecule has 1 N–H and O–H groups in total. The lowest BCUT2D eigenvalue weighted by atomic mass is 10.1. The van der Waals surface area contributed by atoms with Gasteiger partial charge in [-0.25, -0.2) is 15.0 Å². The van der Waals surface area contributed by atoms with Gasteiger partial charge in [0.2, 0.25) is 5.95 Å². The molecule has 5 rings (SSSR count). The molecule has 1 amide bonds. The van der Waals surface area contributed by atoms with Crippen LogP contribution in [0.15, 0.2) is 48.9 Å². The minimum absolute atomic E-state index is 0.0156. The van der Waals surface area contributed by atoms with E-state index in [-0.39, 0.29) is 11.9 Å². The van der Waals surface area contributed by atoms with Crippen LogP contribution in [-0.4, -0.2) is 53.3 Å². The van der Waals surface area contributed by atoms with Crippen LogP contribution in [0.1, 0.15) is 28.7 Å². The molecule has 4 aromatic rings. The monoisotopic (exact) mass is 458 g/mol. The Morgan fingerprint density at radius 1 is 1.24 bits per heavy atom. The smallest absolute Gasteiger partial charge is 0.290 e. The van der Waals surface area contributed by atoms with Crippen LogP contribution in [0.25, 0.3) is 11.4 Å². The number of aryl methyl sites for hydroxylation is 2. The van der Waals surface area contributed by atoms with Gasteiger partial charge in [-0.3, -0.25) is 9.48 Å². The molecule has 1 aliphatic heterocycles. The summed E-state index contributed by atoms with van der Waals surface area (Å²) in [5, 5.41) is 7.32. The molecule has 3 aromatic heterocycles. The molecule has 4 heterocycles. The van der Waals surface area contributed by atoms with Gasteiger partial charge in [-0.15, -0.1) is 0 Å². The number of anilines is 2. The van der Waals surface area contributed by atoms with Crippen LogP contribution in [-0.2, 0) is 20.1 Å². The Hall–Kier alpha value is -4.21. The van der Waals surface area contributed by atoms with E-state index >= 15 is 0 Å². The molecule has 10 nitrogen and oxygen atoms in total. The van der Waals surface area contributed by atoms with Crippen molar-refractivity contribution in [3.05, 3.63) is 65.9 Å². The number of hydrogen-bond acceptors (Lipinski definition) is 7. The van der Waals surface area contributed by atoms with Crippen molar-refractivity contribution in [2.45, 2.75) is 33.0 Å². The van der Waals surface area contributed by atoms with Gasteiger partial charge in [0.25, 0.3) is 5.91 Å². The van der Waals surface area contributed by atoms with E-state index in [1.165, 1.54) is 0 Å². The van der Waals surface area contributed by atoms with E-state index < -0.39 is 0 Å². The lowest BCUT2D eigenvalue weighted by Gasteiger charge is -2.33. The molecule has 1 atom stereocenters. The Morgan fingerprint density at radius 2 is 2.09 bits per heavy atom. The fraction of sp³-hybridized carbons (Fsp3) is 0.292. The number of nitrogens with one attached hydrogen (secondary N) is 1. The van der Waals surface area contributed by atoms with Crippen LogP contribution in [0.5, 0.6) is 5.75 Å². The first-order valence-electron chi connectivity index (χ1n) is 11.0. The van der Waals surface area contributed by atoms with Crippen LogP contribution < -0.4 is 10.1 Å². The second-order valence-electron chi connectivity index (χ2n) is 8.43. The van der Waals surface area contributed by atoms with Crippen LogP contribution in [0.3, 0.4) is 0 Å². The molecule has 1 aromatic carbocycles. The zero-order chi connectivity index (χ0) is 23.8. The van der Waals surface area contributed by atoms with Crippen molar-refractivity contribution in [3.63, 3.8) is 0 Å². The Labute approximate surface area is 197 Å². The highest BCUT2D eigenvalue weighted by Gasteiger charge is 2.32. The maximum atomic E-state index is 13.4. The predicted octanol–water partition coefficient (Wildman–Crippen LogP) is 3.18. The zero-order valence-electron chi connectivity index (χ0n) is 19.6. The molecule has 174 valence electrons. The summed E-state index contributed by atoms with van der Waals surface area (Å²) in [6.07, 6.45) is 5.35. The van der Waals surface area contributed by atoms with Gasteiger partial charge >= 0.3 is 0 Å². The van der Waals surface area contributed by atoms with Crippen molar-refractivity contribution in [2.75, 3.05) is 12.4 Å². The van der Waals surface area contributed by atoms with Crippen LogP contribution in [0, 0.1) is 6.92 Å². The molecular formula is C24H26N8O2. The molecule has 1 aliphatic rings. The Kier molecular flexibility index (Phi) is 5.48. The number of rotatable bonds is 6. The number of imidazole rings is 1. The fourth-order valence-electron chi connectivity index (χ4n) is 4.12. The number of amides is 1. The van der Waals surface area contributed by atoms with Crippen LogP contribution in [0.4, 0.5) is 11.8 Å². The maximum Gasteiger partial charge on any atom is 0.290 e. The van der Waals surface area contributed by atoms with Gasteiger partial charge in [0.1, 0.15) is 17.3 Å². The second kappa shape index (κ2) is 8.62. The van der Waals surface area contributed by atoms with Gasteiger partial charge < -0.3 is 19.5 Å². The van der Waals surface area contributed by atoms with Crippen molar-refractivity contribution in [2.24, 2.45) is 7.05 Å². The fourth-order valence-corrected chi connectivity index (χ4v) is 4.12. The number of hydrogen-bond donors (Lipinski definition) is 1. The Bertz CT molecular complexity index is 1360. The number of aromatic nitrogens is 6. The van der Waals surface area contributed by atoms with E-state index in [1.807, 2.05) is 66.9 Å². The number of benzene rings is 1. The summed E-state index contributed by atoms with van der Waals surface area (Å²) in [5.74, 6) is 2.29. The number of fused-ring (bicyclic) bond motifs is 1. The molecule has 10 heteroatoms. The summed E-state index contributed by atoms with van der Waals surface area (Å²) in [6, 6.07) is 9.63. The standard InChI is InChI=1S/C24H26N8O2/c1-15-11-25-24(28-20-8-9-26-30(20)3)29-21(15)19-14-31-12-16(2)32(23(33)22(31)27-19)13-17-6-5-7-18(10-17)34-4/h5-11,14,16H,12-13H2,1-4H3,(H,25,28,29).